The number of ether oxygens (including phenoxy) is 2. The number of fused-ring (bicyclic) bond motifs is 1. The molecule has 7 nitrogen and oxygen atoms in total. The average Bonchev–Trinajstić information content (AvgIpc) is 2.70. The van der Waals surface area contributed by atoms with Crippen LogP contribution in [0.5, 0.6) is 5.75 Å². The van der Waals surface area contributed by atoms with E-state index in [0.29, 0.717) is 46.0 Å². The summed E-state index contributed by atoms with van der Waals surface area (Å²) >= 11 is 0. The van der Waals surface area contributed by atoms with Crippen molar-refractivity contribution in [2.45, 2.75) is 19.6 Å². The zero-order chi connectivity index (χ0) is 22.6. The van der Waals surface area contributed by atoms with Gasteiger partial charge in [0, 0.05) is 24.7 Å². The molecule has 162 valence electrons. The van der Waals surface area contributed by atoms with Crippen LogP contribution in [-0.2, 0) is 17.5 Å². The van der Waals surface area contributed by atoms with Gasteiger partial charge in [0.1, 0.15) is 30.1 Å². The molecule has 31 heavy (non-hydrogen) atoms. The van der Waals surface area contributed by atoms with Gasteiger partial charge in [-0.25, -0.2) is 9.97 Å². The number of nitrogens with zero attached hydrogens (tertiary/aromatic N) is 3. The van der Waals surface area contributed by atoms with Gasteiger partial charge in [-0.3, -0.25) is 0 Å². The lowest BCUT2D eigenvalue weighted by Crippen LogP contribution is -2.09. The number of nitriles is 1. The Morgan fingerprint density at radius 2 is 1.90 bits per heavy atom. The molecular formula is C21H20F3N5O2. The number of benzene rings is 2. The molecule has 3 aromatic rings. The zero-order valence-electron chi connectivity index (χ0n) is 16.9. The Bertz CT molecular complexity index is 1140. The molecule has 0 aliphatic carbocycles. The van der Waals surface area contributed by atoms with E-state index < -0.39 is 11.7 Å². The summed E-state index contributed by atoms with van der Waals surface area (Å²) in [4.78, 5) is 8.71. The molecule has 0 spiro atoms. The maximum Gasteiger partial charge on any atom is 0.416 e. The number of anilines is 2. The van der Waals surface area contributed by atoms with E-state index in [9.17, 15) is 18.4 Å². The monoisotopic (exact) mass is 431 g/mol. The van der Waals surface area contributed by atoms with E-state index in [1.807, 2.05) is 0 Å². The van der Waals surface area contributed by atoms with Crippen molar-refractivity contribution in [3.63, 3.8) is 0 Å². The molecule has 0 unspecified atom stereocenters. The molecule has 0 radical (unpaired) electrons. The molecule has 1 heterocycles. The van der Waals surface area contributed by atoms with Crippen molar-refractivity contribution >= 4 is 22.4 Å². The molecule has 0 atom stereocenters. The molecule has 10 heteroatoms. The normalized spacial score (nSPS) is 11.4. The molecule has 3 rings (SSSR count). The molecule has 1 aromatic heterocycles. The molecule has 0 fully saturated rings. The molecule has 2 aromatic carbocycles. The van der Waals surface area contributed by atoms with E-state index in [1.165, 1.54) is 13.2 Å². The van der Waals surface area contributed by atoms with Crippen molar-refractivity contribution in [1.29, 1.82) is 5.26 Å². The van der Waals surface area contributed by atoms with Gasteiger partial charge >= 0.3 is 6.18 Å². The predicted octanol–water partition coefficient (Wildman–Crippen LogP) is 4.05. The van der Waals surface area contributed by atoms with Crippen LogP contribution in [0.15, 0.2) is 30.3 Å². The predicted molar refractivity (Wildman–Crippen MR) is 110 cm³/mol. The number of rotatable bonds is 7. The van der Waals surface area contributed by atoms with Crippen LogP contribution >= 0.6 is 0 Å². The topological polar surface area (TPSA) is 106 Å². The van der Waals surface area contributed by atoms with Crippen LogP contribution in [0.2, 0.25) is 0 Å². The second-order valence-corrected chi connectivity index (χ2v) is 6.75. The molecule has 0 aliphatic rings. The third-order valence-corrected chi connectivity index (χ3v) is 4.38. The van der Waals surface area contributed by atoms with E-state index in [-0.39, 0.29) is 18.8 Å². The quantitative estimate of drug-likeness (QED) is 0.429. The van der Waals surface area contributed by atoms with Gasteiger partial charge in [0.25, 0.3) is 0 Å². The van der Waals surface area contributed by atoms with Crippen molar-refractivity contribution < 1.29 is 22.6 Å². The number of hydrogen-bond acceptors (Lipinski definition) is 7. The Kier molecular flexibility index (Phi) is 6.46. The van der Waals surface area contributed by atoms with E-state index in [1.54, 1.807) is 19.1 Å². The van der Waals surface area contributed by atoms with Crippen LogP contribution in [0, 0.1) is 18.3 Å². The van der Waals surface area contributed by atoms with E-state index in [4.69, 9.17) is 15.2 Å². The number of halogens is 3. The Labute approximate surface area is 176 Å². The fraction of sp³-hybridized carbons (Fsp3) is 0.286. The Balaban J connectivity index is 1.96. The fourth-order valence-corrected chi connectivity index (χ4v) is 3.02. The largest absolute Gasteiger partial charge is 0.490 e. The summed E-state index contributed by atoms with van der Waals surface area (Å²) in [5, 5.41) is 13.0. The van der Waals surface area contributed by atoms with Gasteiger partial charge in [0.2, 0.25) is 0 Å². The van der Waals surface area contributed by atoms with Crippen molar-refractivity contribution in [2.75, 3.05) is 31.4 Å². The summed E-state index contributed by atoms with van der Waals surface area (Å²) in [6.45, 7) is 2.33. The first kappa shape index (κ1) is 22.1. The van der Waals surface area contributed by atoms with Gasteiger partial charge < -0.3 is 20.5 Å². The summed E-state index contributed by atoms with van der Waals surface area (Å²) in [7, 11) is 1.54. The lowest BCUT2D eigenvalue weighted by atomic mass is 10.1. The fourth-order valence-electron chi connectivity index (χ4n) is 3.02. The van der Waals surface area contributed by atoms with Gasteiger partial charge in [-0.2, -0.15) is 18.4 Å². The summed E-state index contributed by atoms with van der Waals surface area (Å²) in [6.07, 6.45) is -4.50. The molecule has 0 amide bonds. The third-order valence-electron chi connectivity index (χ3n) is 4.38. The molecule has 0 aliphatic heterocycles. The first-order chi connectivity index (χ1) is 14.7. The van der Waals surface area contributed by atoms with Gasteiger partial charge in [-0.15, -0.1) is 0 Å². The van der Waals surface area contributed by atoms with Crippen LogP contribution < -0.4 is 15.8 Å². The number of nitrogens with one attached hydrogen (secondary N) is 1. The highest BCUT2D eigenvalue weighted by Gasteiger charge is 2.31. The van der Waals surface area contributed by atoms with Crippen LogP contribution in [0.25, 0.3) is 10.9 Å². The van der Waals surface area contributed by atoms with Crippen LogP contribution in [-0.4, -0.2) is 30.3 Å². The molecular weight excluding hydrogens is 411 g/mol. The van der Waals surface area contributed by atoms with Gasteiger partial charge in [-0.05, 0) is 42.8 Å². The summed E-state index contributed by atoms with van der Waals surface area (Å²) < 4.78 is 49.8. The third kappa shape index (κ3) is 5.32. The lowest BCUT2D eigenvalue weighted by Gasteiger charge is -2.14. The Hall–Kier alpha value is -3.58. The van der Waals surface area contributed by atoms with Crippen LogP contribution in [0.1, 0.15) is 22.5 Å². The number of aromatic nitrogens is 2. The highest BCUT2D eigenvalue weighted by atomic mass is 19.4. The highest BCUT2D eigenvalue weighted by molar-refractivity contribution is 5.91. The number of nitrogen functional groups attached to an aromatic ring is 1. The number of methoxy groups -OCH3 is 1. The highest BCUT2D eigenvalue weighted by Crippen LogP contribution is 2.32. The van der Waals surface area contributed by atoms with Crippen molar-refractivity contribution in [1.82, 2.24) is 9.97 Å². The van der Waals surface area contributed by atoms with Crippen molar-refractivity contribution in [2.24, 2.45) is 0 Å². The van der Waals surface area contributed by atoms with Crippen molar-refractivity contribution in [3.8, 4) is 11.8 Å². The SMILES string of the molecule is COCCOc1cc2c(NCc3cc(N)cc(C(F)(F)F)c3)nc(C)nc2cc1C#N. The molecule has 0 saturated heterocycles. The number of aryl methyl sites for hydroxylation is 1. The summed E-state index contributed by atoms with van der Waals surface area (Å²) in [5.74, 6) is 1.18. The van der Waals surface area contributed by atoms with Gasteiger partial charge in [0.15, 0.2) is 0 Å². The smallest absolute Gasteiger partial charge is 0.416 e. The minimum Gasteiger partial charge on any atom is -0.490 e. The first-order valence-corrected chi connectivity index (χ1v) is 9.26. The van der Waals surface area contributed by atoms with Gasteiger partial charge in [0.05, 0.1) is 23.3 Å². The van der Waals surface area contributed by atoms with Crippen LogP contribution in [0.3, 0.4) is 0 Å². The van der Waals surface area contributed by atoms with Crippen LogP contribution in [0.4, 0.5) is 24.7 Å². The standard InChI is InChI=1S/C21H20F3N5O2/c1-12-28-18-7-14(10-25)19(31-4-3-30-2)9-17(18)20(29-12)27-11-13-5-15(21(22,23)24)8-16(26)6-13/h5-9H,3-4,11,26H2,1-2H3,(H,27,28,29). The minimum atomic E-state index is -4.50. The van der Waals surface area contributed by atoms with E-state index >= 15 is 0 Å². The lowest BCUT2D eigenvalue weighted by molar-refractivity contribution is -0.137. The van der Waals surface area contributed by atoms with Crippen molar-refractivity contribution in [3.05, 3.63) is 52.8 Å². The van der Waals surface area contributed by atoms with Gasteiger partial charge in [-0.1, -0.05) is 0 Å². The average molecular weight is 431 g/mol. The summed E-state index contributed by atoms with van der Waals surface area (Å²) in [6, 6.07) is 8.67. The Morgan fingerprint density at radius 1 is 1.13 bits per heavy atom. The molecule has 0 saturated carbocycles. The van der Waals surface area contributed by atoms with E-state index in [2.05, 4.69) is 21.4 Å². The molecule has 0 bridgehead atoms. The summed E-state index contributed by atoms with van der Waals surface area (Å²) in [5.41, 5.74) is 6.00. The van der Waals surface area contributed by atoms with E-state index in [0.717, 1.165) is 12.1 Å². The maximum atomic E-state index is 13.1. The minimum absolute atomic E-state index is 0.0165. The molecule has 3 N–H and O–H groups in total. The second kappa shape index (κ2) is 9.06. The number of nitrogens with two attached hydrogens (primary N) is 1. The zero-order valence-corrected chi connectivity index (χ0v) is 16.9. The maximum absolute atomic E-state index is 13.1. The first-order valence-electron chi connectivity index (χ1n) is 9.26. The number of alkyl halides is 3. The number of hydrogen-bond donors (Lipinski definition) is 2. The Morgan fingerprint density at radius 3 is 2.58 bits per heavy atom. The second-order valence-electron chi connectivity index (χ2n) is 6.75.